The van der Waals surface area contributed by atoms with E-state index >= 15 is 0 Å². The normalized spacial score (nSPS) is 20.8. The number of rotatable bonds is 5. The Morgan fingerprint density at radius 2 is 2.21 bits per heavy atom. The Hall–Kier alpha value is -2.14. The maximum Gasteiger partial charge on any atom is 0.229 e. The summed E-state index contributed by atoms with van der Waals surface area (Å²) in [4.78, 5) is 15.1. The van der Waals surface area contributed by atoms with Gasteiger partial charge in [-0.05, 0) is 43.9 Å². The third-order valence-electron chi connectivity index (χ3n) is 4.78. The van der Waals surface area contributed by atoms with E-state index in [0.29, 0.717) is 19.7 Å². The standard InChI is InChI=1S/C19H25N3O2/c1-3-22(13-15-8-5-4-7-14(15)2)19(23)16-9-6-12-24-18(16)17-10-11-20-21-17/h4-5,7-8,10-11,16,18H,3,6,9,12-13H2,1-2H3,(H,20,21)/t16-,18-/m1/s1. The molecule has 1 N–H and O–H groups in total. The van der Waals surface area contributed by atoms with Gasteiger partial charge in [-0.1, -0.05) is 24.3 Å². The second-order valence-electron chi connectivity index (χ2n) is 6.33. The molecule has 1 aliphatic rings. The fourth-order valence-corrected chi connectivity index (χ4v) is 3.34. The van der Waals surface area contributed by atoms with Crippen molar-refractivity contribution in [1.29, 1.82) is 0 Å². The molecule has 3 rings (SSSR count). The number of hydrogen-bond acceptors (Lipinski definition) is 3. The summed E-state index contributed by atoms with van der Waals surface area (Å²) in [7, 11) is 0. The van der Waals surface area contributed by atoms with E-state index in [1.165, 1.54) is 11.1 Å². The first-order valence-corrected chi connectivity index (χ1v) is 8.65. The number of H-pyrrole nitrogens is 1. The summed E-state index contributed by atoms with van der Waals surface area (Å²) < 4.78 is 5.91. The molecule has 0 saturated carbocycles. The molecule has 128 valence electrons. The van der Waals surface area contributed by atoms with Crippen molar-refractivity contribution in [3.05, 3.63) is 53.3 Å². The second-order valence-corrected chi connectivity index (χ2v) is 6.33. The fourth-order valence-electron chi connectivity index (χ4n) is 3.34. The third-order valence-corrected chi connectivity index (χ3v) is 4.78. The summed E-state index contributed by atoms with van der Waals surface area (Å²) in [5.74, 6) is 0.0169. The molecule has 1 fully saturated rings. The van der Waals surface area contributed by atoms with Crippen molar-refractivity contribution < 1.29 is 9.53 Å². The van der Waals surface area contributed by atoms with Crippen molar-refractivity contribution in [2.75, 3.05) is 13.2 Å². The summed E-state index contributed by atoms with van der Waals surface area (Å²) in [6.07, 6.45) is 3.26. The lowest BCUT2D eigenvalue weighted by molar-refractivity contribution is -0.146. The van der Waals surface area contributed by atoms with Crippen LogP contribution in [0, 0.1) is 12.8 Å². The predicted molar refractivity (Wildman–Crippen MR) is 92.3 cm³/mol. The molecule has 1 aromatic carbocycles. The van der Waals surface area contributed by atoms with E-state index < -0.39 is 0 Å². The van der Waals surface area contributed by atoms with E-state index in [4.69, 9.17) is 4.74 Å². The average Bonchev–Trinajstić information content (AvgIpc) is 3.15. The molecule has 1 amide bonds. The number of aryl methyl sites for hydroxylation is 1. The molecule has 0 bridgehead atoms. The molecular formula is C19H25N3O2. The minimum Gasteiger partial charge on any atom is -0.371 e. The number of aromatic nitrogens is 2. The molecule has 0 unspecified atom stereocenters. The van der Waals surface area contributed by atoms with Gasteiger partial charge in [0.05, 0.1) is 11.6 Å². The first-order valence-electron chi connectivity index (χ1n) is 8.65. The van der Waals surface area contributed by atoms with Crippen LogP contribution in [0.2, 0.25) is 0 Å². The Labute approximate surface area is 143 Å². The maximum absolute atomic E-state index is 13.2. The molecule has 1 aliphatic heterocycles. The van der Waals surface area contributed by atoms with E-state index in [9.17, 15) is 4.79 Å². The Kier molecular flexibility index (Phi) is 5.30. The number of nitrogens with one attached hydrogen (secondary N) is 1. The molecular weight excluding hydrogens is 302 g/mol. The number of nitrogens with zero attached hydrogens (tertiary/aromatic N) is 2. The van der Waals surface area contributed by atoms with Crippen molar-refractivity contribution in [1.82, 2.24) is 15.1 Å². The lowest BCUT2D eigenvalue weighted by atomic mass is 9.90. The summed E-state index contributed by atoms with van der Waals surface area (Å²) in [5.41, 5.74) is 3.30. The molecule has 5 nitrogen and oxygen atoms in total. The van der Waals surface area contributed by atoms with Crippen LogP contribution in [0.25, 0.3) is 0 Å². The monoisotopic (exact) mass is 327 g/mol. The van der Waals surface area contributed by atoms with Crippen LogP contribution in [-0.4, -0.2) is 34.2 Å². The SMILES string of the molecule is CCN(Cc1ccccc1C)C(=O)[C@@H]1CCCO[C@H]1c1ccn[nH]1. The Morgan fingerprint density at radius 3 is 2.92 bits per heavy atom. The van der Waals surface area contributed by atoms with E-state index in [1.807, 2.05) is 30.0 Å². The Bertz CT molecular complexity index is 669. The molecule has 2 aromatic rings. The molecule has 24 heavy (non-hydrogen) atoms. The van der Waals surface area contributed by atoms with Crippen molar-refractivity contribution in [2.24, 2.45) is 5.92 Å². The highest BCUT2D eigenvalue weighted by Crippen LogP contribution is 2.34. The number of benzene rings is 1. The average molecular weight is 327 g/mol. The van der Waals surface area contributed by atoms with E-state index in [-0.39, 0.29) is 17.9 Å². The summed E-state index contributed by atoms with van der Waals surface area (Å²) in [5, 5.41) is 6.97. The van der Waals surface area contributed by atoms with Gasteiger partial charge >= 0.3 is 0 Å². The largest absolute Gasteiger partial charge is 0.371 e. The van der Waals surface area contributed by atoms with Gasteiger partial charge in [0.25, 0.3) is 0 Å². The number of hydrogen-bond donors (Lipinski definition) is 1. The zero-order valence-corrected chi connectivity index (χ0v) is 14.4. The number of amides is 1. The molecule has 2 atom stereocenters. The maximum atomic E-state index is 13.2. The van der Waals surface area contributed by atoms with Crippen LogP contribution in [0.5, 0.6) is 0 Å². The summed E-state index contributed by atoms with van der Waals surface area (Å²) in [6.45, 7) is 6.15. The highest BCUT2D eigenvalue weighted by Gasteiger charge is 2.36. The number of ether oxygens (including phenoxy) is 1. The lowest BCUT2D eigenvalue weighted by Gasteiger charge is -2.34. The van der Waals surface area contributed by atoms with Crippen LogP contribution >= 0.6 is 0 Å². The number of carbonyl (C=O) groups excluding carboxylic acids is 1. The van der Waals surface area contributed by atoms with Gasteiger partial charge in [0.2, 0.25) is 5.91 Å². The zero-order valence-electron chi connectivity index (χ0n) is 14.4. The second kappa shape index (κ2) is 7.62. The first-order chi connectivity index (χ1) is 11.7. The fraction of sp³-hybridized carbons (Fsp3) is 0.474. The minimum atomic E-state index is -0.223. The van der Waals surface area contributed by atoms with E-state index in [2.05, 4.69) is 29.3 Å². The van der Waals surface area contributed by atoms with Crippen LogP contribution in [0.4, 0.5) is 0 Å². The summed E-state index contributed by atoms with van der Waals surface area (Å²) >= 11 is 0. The molecule has 0 aliphatic carbocycles. The predicted octanol–water partition coefficient (Wildman–Crippen LogP) is 3.23. The quantitative estimate of drug-likeness (QED) is 0.917. The topological polar surface area (TPSA) is 58.2 Å². The van der Waals surface area contributed by atoms with Gasteiger partial charge < -0.3 is 9.64 Å². The van der Waals surface area contributed by atoms with Gasteiger partial charge in [-0.3, -0.25) is 9.89 Å². The van der Waals surface area contributed by atoms with E-state index in [0.717, 1.165) is 18.5 Å². The van der Waals surface area contributed by atoms with Crippen LogP contribution in [-0.2, 0) is 16.1 Å². The highest BCUT2D eigenvalue weighted by molar-refractivity contribution is 5.79. The number of carbonyl (C=O) groups is 1. The van der Waals surface area contributed by atoms with Crippen molar-refractivity contribution in [3.63, 3.8) is 0 Å². The third kappa shape index (κ3) is 3.51. The van der Waals surface area contributed by atoms with Gasteiger partial charge in [0.15, 0.2) is 0 Å². The zero-order chi connectivity index (χ0) is 16.9. The van der Waals surface area contributed by atoms with Gasteiger partial charge in [-0.25, -0.2) is 0 Å². The smallest absolute Gasteiger partial charge is 0.229 e. The Balaban J connectivity index is 1.78. The van der Waals surface area contributed by atoms with Crippen molar-refractivity contribution >= 4 is 5.91 Å². The van der Waals surface area contributed by atoms with Crippen molar-refractivity contribution in [2.45, 2.75) is 39.3 Å². The Morgan fingerprint density at radius 1 is 1.38 bits per heavy atom. The molecule has 0 radical (unpaired) electrons. The van der Waals surface area contributed by atoms with Crippen LogP contribution in [0.3, 0.4) is 0 Å². The molecule has 5 heteroatoms. The number of aromatic amines is 1. The molecule has 2 heterocycles. The highest BCUT2D eigenvalue weighted by atomic mass is 16.5. The summed E-state index contributed by atoms with van der Waals surface area (Å²) in [6, 6.07) is 10.1. The van der Waals surface area contributed by atoms with Gasteiger partial charge in [-0.2, -0.15) is 5.10 Å². The van der Waals surface area contributed by atoms with Crippen LogP contribution < -0.4 is 0 Å². The molecule has 1 aromatic heterocycles. The molecule has 0 spiro atoms. The van der Waals surface area contributed by atoms with Crippen LogP contribution in [0.1, 0.15) is 42.7 Å². The van der Waals surface area contributed by atoms with Gasteiger partial charge in [-0.15, -0.1) is 0 Å². The van der Waals surface area contributed by atoms with Gasteiger partial charge in [0, 0.05) is 25.9 Å². The lowest BCUT2D eigenvalue weighted by Crippen LogP contribution is -2.40. The molecule has 1 saturated heterocycles. The van der Waals surface area contributed by atoms with Gasteiger partial charge in [0.1, 0.15) is 6.10 Å². The van der Waals surface area contributed by atoms with Crippen molar-refractivity contribution in [3.8, 4) is 0 Å². The van der Waals surface area contributed by atoms with E-state index in [1.54, 1.807) is 6.20 Å². The van der Waals surface area contributed by atoms with Crippen LogP contribution in [0.15, 0.2) is 36.5 Å². The first kappa shape index (κ1) is 16.7. The minimum absolute atomic E-state index is 0.150.